The first-order valence-corrected chi connectivity index (χ1v) is 15.1. The summed E-state index contributed by atoms with van der Waals surface area (Å²) in [6.07, 6.45) is 3.42. The number of aldehydes is 1. The zero-order valence-electron chi connectivity index (χ0n) is 27.6. The fourth-order valence-electron chi connectivity index (χ4n) is 3.32. The Morgan fingerprint density at radius 2 is 1.59 bits per heavy atom. The molecule has 0 spiro atoms. The van der Waals surface area contributed by atoms with E-state index in [1.807, 2.05) is 34.6 Å². The van der Waals surface area contributed by atoms with Gasteiger partial charge in [-0.15, -0.1) is 11.3 Å². The normalized spacial score (nSPS) is 15.9. The molecule has 3 N–H and O–H groups in total. The highest BCUT2D eigenvalue weighted by molar-refractivity contribution is 7.09. The van der Waals surface area contributed by atoms with Crippen molar-refractivity contribution in [3.05, 3.63) is 16.1 Å². The molecule has 1 saturated carbocycles. The van der Waals surface area contributed by atoms with E-state index in [0.717, 1.165) is 30.7 Å². The Labute approximate surface area is 264 Å². The summed E-state index contributed by atoms with van der Waals surface area (Å²) in [5, 5.41) is 10.6. The number of carbonyl (C=O) groups is 6. The number of amides is 2. The van der Waals surface area contributed by atoms with Gasteiger partial charge < -0.3 is 39.7 Å². The number of thiazole rings is 1. The molecule has 2 amide bonds. The Morgan fingerprint density at radius 1 is 1.02 bits per heavy atom. The van der Waals surface area contributed by atoms with E-state index in [0.29, 0.717) is 6.29 Å². The van der Waals surface area contributed by atoms with Gasteiger partial charge in [-0.1, -0.05) is 13.8 Å². The maximum Gasteiger partial charge on any atom is 0.407 e. The van der Waals surface area contributed by atoms with Crippen LogP contribution < -0.4 is 16.0 Å². The molecule has 14 nitrogen and oxygen atoms in total. The lowest BCUT2D eigenvalue weighted by Gasteiger charge is -2.29. The lowest BCUT2D eigenvalue weighted by Crippen LogP contribution is -2.40. The predicted octanol–water partition coefficient (Wildman–Crippen LogP) is 3.14. The number of ether oxygens (including phenoxy) is 4. The molecule has 252 valence electrons. The molecule has 1 aromatic rings. The van der Waals surface area contributed by atoms with Crippen molar-refractivity contribution in [3.63, 3.8) is 0 Å². The molecule has 1 aliphatic carbocycles. The summed E-state index contributed by atoms with van der Waals surface area (Å²) >= 11 is 1.40. The van der Waals surface area contributed by atoms with E-state index in [2.05, 4.69) is 30.4 Å². The topological polar surface area (TPSA) is 188 Å². The molecule has 0 aliphatic heterocycles. The Balaban J connectivity index is 0. The molecule has 15 heteroatoms. The van der Waals surface area contributed by atoms with E-state index in [1.165, 1.54) is 39.4 Å². The van der Waals surface area contributed by atoms with E-state index in [9.17, 15) is 28.8 Å². The highest BCUT2D eigenvalue weighted by Crippen LogP contribution is 2.34. The second-order valence-corrected chi connectivity index (χ2v) is 11.0. The zero-order valence-corrected chi connectivity index (χ0v) is 28.4. The molecule has 0 bridgehead atoms. The molecule has 0 saturated heterocycles. The Morgan fingerprint density at radius 3 is 2.00 bits per heavy atom. The molecule has 1 heterocycles. The first-order valence-electron chi connectivity index (χ1n) is 14.3. The zero-order chi connectivity index (χ0) is 34.3. The standard InChI is InChI=1S/C20H29N3O6S.C4H9NO2.C3H6O2.C2H6/c1-12(25)28-10-15(9-24)21-17(26)16-11-30-18(23-16)13-5-7-14(8-6-13)22-19(27)29-20(2,3)4;1-5-3-4(6)7-2;1-3(4)5-2;1-2/h9,11,13-15H,5-8,10H2,1-4H3,(H,21,26)(H,22,27);5H,3H2,1-2H3;1-2H3;1-2H3. The van der Waals surface area contributed by atoms with Gasteiger partial charge in [-0.05, 0) is 53.5 Å². The van der Waals surface area contributed by atoms with Gasteiger partial charge in [0.2, 0.25) is 0 Å². The van der Waals surface area contributed by atoms with Crippen molar-refractivity contribution < 1.29 is 47.7 Å². The molecule has 1 unspecified atom stereocenters. The van der Waals surface area contributed by atoms with E-state index < -0.39 is 29.6 Å². The van der Waals surface area contributed by atoms with Crippen LogP contribution in [-0.4, -0.2) is 93.3 Å². The molecular weight excluding hydrogens is 596 g/mol. The maximum absolute atomic E-state index is 12.3. The number of methoxy groups -OCH3 is 2. The number of alkyl carbamates (subject to hydrolysis) is 1. The third-order valence-corrected chi connectivity index (χ3v) is 6.34. The van der Waals surface area contributed by atoms with Crippen molar-refractivity contribution in [2.45, 2.75) is 97.8 Å². The number of nitrogens with zero attached hydrogens (tertiary/aromatic N) is 1. The number of nitrogens with one attached hydrogen (secondary N) is 3. The summed E-state index contributed by atoms with van der Waals surface area (Å²) in [4.78, 5) is 70.3. The fraction of sp³-hybridized carbons (Fsp3) is 0.690. The van der Waals surface area contributed by atoms with Crippen molar-refractivity contribution in [1.82, 2.24) is 20.9 Å². The number of esters is 3. The summed E-state index contributed by atoms with van der Waals surface area (Å²) in [5.74, 6) is -1.27. The van der Waals surface area contributed by atoms with Gasteiger partial charge in [0.1, 0.15) is 30.2 Å². The lowest BCUT2D eigenvalue weighted by molar-refractivity contribution is -0.142. The number of aromatic nitrogens is 1. The molecule has 0 aromatic carbocycles. The van der Waals surface area contributed by atoms with E-state index in [-0.39, 0.29) is 42.7 Å². The molecule has 0 radical (unpaired) electrons. The maximum atomic E-state index is 12.3. The minimum Gasteiger partial charge on any atom is -0.469 e. The van der Waals surface area contributed by atoms with Crippen LogP contribution in [0, 0.1) is 0 Å². The quantitative estimate of drug-likeness (QED) is 0.202. The van der Waals surface area contributed by atoms with E-state index in [4.69, 9.17) is 9.47 Å². The van der Waals surface area contributed by atoms with Gasteiger partial charge >= 0.3 is 24.0 Å². The van der Waals surface area contributed by atoms with Crippen molar-refractivity contribution in [2.75, 3.05) is 34.4 Å². The fourth-order valence-corrected chi connectivity index (χ4v) is 4.29. The Bertz CT molecular complexity index is 1020. The molecular formula is C29H50N4O10S. The minimum atomic E-state index is -0.916. The first kappa shape index (κ1) is 42.5. The third-order valence-electron chi connectivity index (χ3n) is 5.34. The van der Waals surface area contributed by atoms with Crippen molar-refractivity contribution in [1.29, 1.82) is 0 Å². The smallest absolute Gasteiger partial charge is 0.407 e. The second-order valence-electron chi connectivity index (χ2n) is 10.1. The van der Waals surface area contributed by atoms with Crippen LogP contribution in [0.15, 0.2) is 5.38 Å². The van der Waals surface area contributed by atoms with Crippen LogP contribution in [-0.2, 0) is 38.1 Å². The van der Waals surface area contributed by atoms with Crippen LogP contribution >= 0.6 is 11.3 Å². The van der Waals surface area contributed by atoms with Gasteiger partial charge in [0, 0.05) is 31.2 Å². The molecule has 2 rings (SSSR count). The van der Waals surface area contributed by atoms with E-state index in [1.54, 1.807) is 12.4 Å². The van der Waals surface area contributed by atoms with Crippen molar-refractivity contribution in [3.8, 4) is 0 Å². The van der Waals surface area contributed by atoms with E-state index >= 15 is 0 Å². The first-order chi connectivity index (χ1) is 20.6. The molecule has 1 aromatic heterocycles. The SMILES string of the molecule is CC.CC(=O)OCC(C=O)NC(=O)c1csc(C2CCC(NC(=O)OC(C)(C)C)CC2)n1.CNCC(=O)OC.COC(C)=O. The number of carbonyl (C=O) groups excluding carboxylic acids is 6. The van der Waals surface area contributed by atoms with Gasteiger partial charge in [0.15, 0.2) is 0 Å². The number of rotatable bonds is 9. The molecule has 1 aliphatic rings. The highest BCUT2D eigenvalue weighted by Gasteiger charge is 2.28. The van der Waals surface area contributed by atoms with Crippen LogP contribution in [0.2, 0.25) is 0 Å². The number of hydrogen-bond acceptors (Lipinski definition) is 13. The molecule has 1 atom stereocenters. The van der Waals surface area contributed by atoms with Gasteiger partial charge in [-0.25, -0.2) is 9.78 Å². The third kappa shape index (κ3) is 21.2. The average Bonchev–Trinajstić information content (AvgIpc) is 3.47. The summed E-state index contributed by atoms with van der Waals surface area (Å²) in [7, 11) is 4.40. The van der Waals surface area contributed by atoms with Gasteiger partial charge in [0.25, 0.3) is 5.91 Å². The van der Waals surface area contributed by atoms with Crippen molar-refractivity contribution in [2.24, 2.45) is 0 Å². The summed E-state index contributed by atoms with van der Waals surface area (Å²) in [5.41, 5.74) is -0.293. The minimum absolute atomic E-state index is 0.0634. The van der Waals surface area contributed by atoms with Crippen LogP contribution in [0.25, 0.3) is 0 Å². The number of likely N-dealkylation sites (N-methyl/N-ethyl adjacent to an activating group) is 1. The summed E-state index contributed by atoms with van der Waals surface area (Å²) < 4.78 is 18.5. The molecule has 44 heavy (non-hydrogen) atoms. The Kier molecular flexibility index (Phi) is 23.0. The average molecular weight is 647 g/mol. The lowest BCUT2D eigenvalue weighted by atomic mass is 9.86. The summed E-state index contributed by atoms with van der Waals surface area (Å²) in [6.45, 7) is 12.1. The predicted molar refractivity (Wildman–Crippen MR) is 165 cm³/mol. The van der Waals surface area contributed by atoms with Gasteiger partial charge in [-0.3, -0.25) is 19.2 Å². The Hall–Kier alpha value is -3.59. The highest BCUT2D eigenvalue weighted by atomic mass is 32.1. The number of hydrogen-bond donors (Lipinski definition) is 3. The van der Waals surface area contributed by atoms with Crippen LogP contribution in [0.1, 0.15) is 95.6 Å². The van der Waals surface area contributed by atoms with Crippen LogP contribution in [0.5, 0.6) is 0 Å². The van der Waals surface area contributed by atoms with Crippen molar-refractivity contribution >= 4 is 47.5 Å². The second kappa shape index (κ2) is 23.8. The van der Waals surface area contributed by atoms with Crippen LogP contribution in [0.3, 0.4) is 0 Å². The summed E-state index contributed by atoms with van der Waals surface area (Å²) in [6, 6.07) is -0.852. The molecule has 1 fully saturated rings. The largest absolute Gasteiger partial charge is 0.469 e. The van der Waals surface area contributed by atoms with Crippen LogP contribution in [0.4, 0.5) is 4.79 Å². The van der Waals surface area contributed by atoms with Gasteiger partial charge in [-0.2, -0.15) is 0 Å². The monoisotopic (exact) mass is 646 g/mol. The van der Waals surface area contributed by atoms with Gasteiger partial charge in [0.05, 0.1) is 25.8 Å².